The molecule has 82 valence electrons. The van der Waals surface area contributed by atoms with Crippen LogP contribution >= 0.6 is 0 Å². The van der Waals surface area contributed by atoms with Gasteiger partial charge >= 0.3 is 5.97 Å². The van der Waals surface area contributed by atoms with E-state index in [1.165, 1.54) is 0 Å². The van der Waals surface area contributed by atoms with Crippen LogP contribution in [0.4, 0.5) is 0 Å². The molecule has 0 aliphatic carbocycles. The Hall–Kier alpha value is -1.51. The SMILES string of the molecule is CCC(=O)OCCc1ccc(OC)cc1. The minimum Gasteiger partial charge on any atom is -0.497 e. The van der Waals surface area contributed by atoms with Crippen molar-refractivity contribution in [3.8, 4) is 5.75 Å². The van der Waals surface area contributed by atoms with Crippen LogP contribution in [0.5, 0.6) is 5.75 Å². The molecule has 0 heterocycles. The summed E-state index contributed by atoms with van der Waals surface area (Å²) in [4.78, 5) is 10.9. The second kappa shape index (κ2) is 6.06. The van der Waals surface area contributed by atoms with Crippen LogP contribution in [-0.4, -0.2) is 19.7 Å². The first-order chi connectivity index (χ1) is 7.26. The predicted molar refractivity (Wildman–Crippen MR) is 57.9 cm³/mol. The molecule has 0 aromatic heterocycles. The Morgan fingerprint density at radius 2 is 1.93 bits per heavy atom. The van der Waals surface area contributed by atoms with Gasteiger partial charge in [-0.2, -0.15) is 0 Å². The number of esters is 1. The Bertz CT molecular complexity index is 303. The van der Waals surface area contributed by atoms with Gasteiger partial charge in [-0.15, -0.1) is 0 Å². The summed E-state index contributed by atoms with van der Waals surface area (Å²) in [5, 5.41) is 0. The number of ether oxygens (including phenoxy) is 2. The minimum absolute atomic E-state index is 0.150. The average Bonchev–Trinajstić information content (AvgIpc) is 2.29. The summed E-state index contributed by atoms with van der Waals surface area (Å²) in [6.07, 6.45) is 1.18. The molecule has 3 nitrogen and oxygen atoms in total. The highest BCUT2D eigenvalue weighted by atomic mass is 16.5. The van der Waals surface area contributed by atoms with E-state index >= 15 is 0 Å². The van der Waals surface area contributed by atoms with Gasteiger partial charge in [0.1, 0.15) is 5.75 Å². The lowest BCUT2D eigenvalue weighted by atomic mass is 10.1. The van der Waals surface area contributed by atoms with E-state index in [9.17, 15) is 4.79 Å². The summed E-state index contributed by atoms with van der Waals surface area (Å²) < 4.78 is 10.0. The van der Waals surface area contributed by atoms with E-state index in [1.807, 2.05) is 24.3 Å². The fourth-order valence-electron chi connectivity index (χ4n) is 1.18. The molecule has 1 aromatic carbocycles. The molecule has 0 unspecified atom stereocenters. The molecule has 0 amide bonds. The zero-order valence-corrected chi connectivity index (χ0v) is 9.16. The Kier molecular flexibility index (Phi) is 4.68. The predicted octanol–water partition coefficient (Wildman–Crippen LogP) is 2.19. The molecule has 0 bridgehead atoms. The quantitative estimate of drug-likeness (QED) is 0.696. The third-order valence-corrected chi connectivity index (χ3v) is 2.10. The van der Waals surface area contributed by atoms with E-state index in [0.717, 1.165) is 17.7 Å². The molecule has 3 heteroatoms. The Balaban J connectivity index is 2.34. The number of carbonyl (C=O) groups excluding carboxylic acids is 1. The van der Waals surface area contributed by atoms with Crippen LogP contribution in [0, 0.1) is 0 Å². The second-order valence-corrected chi connectivity index (χ2v) is 3.17. The number of methoxy groups -OCH3 is 1. The van der Waals surface area contributed by atoms with Crippen molar-refractivity contribution in [2.24, 2.45) is 0 Å². The fraction of sp³-hybridized carbons (Fsp3) is 0.417. The van der Waals surface area contributed by atoms with Crippen molar-refractivity contribution in [1.29, 1.82) is 0 Å². The smallest absolute Gasteiger partial charge is 0.305 e. The van der Waals surface area contributed by atoms with E-state index in [0.29, 0.717) is 13.0 Å². The molecule has 0 atom stereocenters. The lowest BCUT2D eigenvalue weighted by molar-refractivity contribution is -0.143. The molecular formula is C12H16O3. The molecule has 0 aliphatic rings. The molecule has 1 rings (SSSR count). The van der Waals surface area contributed by atoms with E-state index in [2.05, 4.69) is 0 Å². The largest absolute Gasteiger partial charge is 0.497 e. The molecule has 0 aliphatic heterocycles. The van der Waals surface area contributed by atoms with Crippen molar-refractivity contribution in [3.05, 3.63) is 29.8 Å². The molecular weight excluding hydrogens is 192 g/mol. The van der Waals surface area contributed by atoms with Crippen LogP contribution in [0.2, 0.25) is 0 Å². The lowest BCUT2D eigenvalue weighted by Crippen LogP contribution is -2.05. The fourth-order valence-corrected chi connectivity index (χ4v) is 1.18. The number of benzene rings is 1. The van der Waals surface area contributed by atoms with Crippen LogP contribution in [0.15, 0.2) is 24.3 Å². The van der Waals surface area contributed by atoms with E-state index < -0.39 is 0 Å². The molecule has 0 N–H and O–H groups in total. The highest BCUT2D eigenvalue weighted by Crippen LogP contribution is 2.11. The van der Waals surface area contributed by atoms with Crippen LogP contribution in [0.1, 0.15) is 18.9 Å². The zero-order chi connectivity index (χ0) is 11.1. The van der Waals surface area contributed by atoms with Crippen LogP contribution in [-0.2, 0) is 16.0 Å². The Labute approximate surface area is 90.0 Å². The van der Waals surface area contributed by atoms with Crippen molar-refractivity contribution in [2.45, 2.75) is 19.8 Å². The maximum atomic E-state index is 10.9. The molecule has 0 saturated carbocycles. The molecule has 15 heavy (non-hydrogen) atoms. The van der Waals surface area contributed by atoms with Crippen molar-refractivity contribution < 1.29 is 14.3 Å². The van der Waals surface area contributed by atoms with E-state index in [-0.39, 0.29) is 5.97 Å². The highest BCUT2D eigenvalue weighted by Gasteiger charge is 1.99. The third-order valence-electron chi connectivity index (χ3n) is 2.10. The normalized spacial score (nSPS) is 9.73. The monoisotopic (exact) mass is 208 g/mol. The van der Waals surface area contributed by atoms with Gasteiger partial charge in [0.05, 0.1) is 13.7 Å². The van der Waals surface area contributed by atoms with Gasteiger partial charge in [-0.25, -0.2) is 0 Å². The van der Waals surface area contributed by atoms with Gasteiger partial charge in [-0.1, -0.05) is 19.1 Å². The van der Waals surface area contributed by atoms with Crippen LogP contribution in [0.3, 0.4) is 0 Å². The van der Waals surface area contributed by atoms with E-state index in [4.69, 9.17) is 9.47 Å². The van der Waals surface area contributed by atoms with Crippen LogP contribution in [0.25, 0.3) is 0 Å². The maximum Gasteiger partial charge on any atom is 0.305 e. The highest BCUT2D eigenvalue weighted by molar-refractivity contribution is 5.68. The molecule has 0 saturated heterocycles. The summed E-state index contributed by atoms with van der Waals surface area (Å²) in [7, 11) is 1.64. The van der Waals surface area contributed by atoms with Crippen molar-refractivity contribution in [3.63, 3.8) is 0 Å². The standard InChI is InChI=1S/C12H16O3/c1-3-12(13)15-9-8-10-4-6-11(14-2)7-5-10/h4-7H,3,8-9H2,1-2H3. The van der Waals surface area contributed by atoms with Gasteiger partial charge in [0.2, 0.25) is 0 Å². The average molecular weight is 208 g/mol. The summed E-state index contributed by atoms with van der Waals surface area (Å²) in [6, 6.07) is 7.74. The summed E-state index contributed by atoms with van der Waals surface area (Å²) >= 11 is 0. The first-order valence-corrected chi connectivity index (χ1v) is 5.04. The number of carbonyl (C=O) groups is 1. The lowest BCUT2D eigenvalue weighted by Gasteiger charge is -2.04. The van der Waals surface area contributed by atoms with Gasteiger partial charge in [0.25, 0.3) is 0 Å². The molecule has 0 fully saturated rings. The van der Waals surface area contributed by atoms with Gasteiger partial charge in [-0.3, -0.25) is 4.79 Å². The van der Waals surface area contributed by atoms with E-state index in [1.54, 1.807) is 14.0 Å². The number of hydrogen-bond donors (Lipinski definition) is 0. The second-order valence-electron chi connectivity index (χ2n) is 3.17. The molecule has 1 aromatic rings. The van der Waals surface area contributed by atoms with Gasteiger partial charge < -0.3 is 9.47 Å². The first kappa shape index (κ1) is 11.6. The number of rotatable bonds is 5. The first-order valence-electron chi connectivity index (χ1n) is 5.04. The molecule has 0 radical (unpaired) electrons. The summed E-state index contributed by atoms with van der Waals surface area (Å²) in [6.45, 7) is 2.23. The Morgan fingerprint density at radius 1 is 1.27 bits per heavy atom. The zero-order valence-electron chi connectivity index (χ0n) is 9.16. The Morgan fingerprint density at radius 3 is 2.47 bits per heavy atom. The topological polar surface area (TPSA) is 35.5 Å². The van der Waals surface area contributed by atoms with Crippen molar-refractivity contribution in [2.75, 3.05) is 13.7 Å². The number of hydrogen-bond acceptors (Lipinski definition) is 3. The van der Waals surface area contributed by atoms with Crippen molar-refractivity contribution in [1.82, 2.24) is 0 Å². The third kappa shape index (κ3) is 4.02. The van der Waals surface area contributed by atoms with Gasteiger partial charge in [-0.05, 0) is 17.7 Å². The molecule has 0 spiro atoms. The van der Waals surface area contributed by atoms with Gasteiger partial charge in [0, 0.05) is 12.8 Å². The minimum atomic E-state index is -0.150. The maximum absolute atomic E-state index is 10.9. The van der Waals surface area contributed by atoms with Crippen molar-refractivity contribution >= 4 is 5.97 Å². The van der Waals surface area contributed by atoms with Gasteiger partial charge in [0.15, 0.2) is 0 Å². The van der Waals surface area contributed by atoms with Crippen LogP contribution < -0.4 is 4.74 Å². The summed E-state index contributed by atoms with van der Waals surface area (Å²) in [5.41, 5.74) is 1.14. The summed E-state index contributed by atoms with van der Waals surface area (Å²) in [5.74, 6) is 0.688.